The standard InChI is InChI=1S/C21H26ClNO.C13H21NO3/c1-21(17-7-4-3-5-8-17,18-10-12-19(22)13-11-18)24-16-14-20-9-6-15-23(20)2;1-13(2,3)14-7-12(17)9-4-5-11(16)10(6-9)8-15/h3-5,7-8,10-13,20H,6,9,14-16H2,1-2H3;4-6,12,14-17H,7-8H2,1-3H3/t20-,21-;/m1./s1. The zero-order valence-electron chi connectivity index (χ0n) is 25.1. The molecule has 1 saturated heterocycles. The zero-order valence-corrected chi connectivity index (χ0v) is 25.9. The third kappa shape index (κ3) is 9.81. The molecule has 3 aromatic rings. The smallest absolute Gasteiger partial charge is 0.121 e. The largest absolute Gasteiger partial charge is 0.508 e. The van der Waals surface area contributed by atoms with Crippen molar-refractivity contribution in [1.82, 2.24) is 10.2 Å². The fourth-order valence-corrected chi connectivity index (χ4v) is 5.19. The van der Waals surface area contributed by atoms with E-state index in [0.717, 1.165) is 23.6 Å². The van der Waals surface area contributed by atoms with Crippen molar-refractivity contribution in [3.8, 4) is 5.75 Å². The van der Waals surface area contributed by atoms with Crippen LogP contribution in [0.15, 0.2) is 72.8 Å². The molecule has 0 spiro atoms. The molecular weight excluding hydrogens is 536 g/mol. The summed E-state index contributed by atoms with van der Waals surface area (Å²) in [6.45, 7) is 10.4. The van der Waals surface area contributed by atoms with E-state index in [9.17, 15) is 10.2 Å². The second-order valence-electron chi connectivity index (χ2n) is 12.0. The Labute approximate surface area is 250 Å². The molecule has 0 amide bonds. The summed E-state index contributed by atoms with van der Waals surface area (Å²) in [7, 11) is 2.22. The molecule has 1 unspecified atom stereocenters. The van der Waals surface area contributed by atoms with Gasteiger partial charge in [-0.1, -0.05) is 60.1 Å². The number of halogens is 1. The predicted octanol–water partition coefficient (Wildman–Crippen LogP) is 6.41. The Balaban J connectivity index is 0.000000241. The number of hydrogen-bond acceptors (Lipinski definition) is 6. The minimum absolute atomic E-state index is 0.0484. The molecule has 3 atom stereocenters. The van der Waals surface area contributed by atoms with Crippen LogP contribution in [0.25, 0.3) is 0 Å². The molecule has 0 radical (unpaired) electrons. The Bertz CT molecular complexity index is 1200. The van der Waals surface area contributed by atoms with Crippen molar-refractivity contribution in [2.24, 2.45) is 0 Å². The summed E-state index contributed by atoms with van der Waals surface area (Å²) < 4.78 is 6.48. The van der Waals surface area contributed by atoms with Gasteiger partial charge < -0.3 is 30.3 Å². The summed E-state index contributed by atoms with van der Waals surface area (Å²) in [6.07, 6.45) is 3.00. The maximum absolute atomic E-state index is 9.97. The van der Waals surface area contributed by atoms with Crippen LogP contribution in [-0.2, 0) is 16.9 Å². The van der Waals surface area contributed by atoms with Gasteiger partial charge in [0.15, 0.2) is 0 Å². The van der Waals surface area contributed by atoms with Crippen molar-refractivity contribution in [2.45, 2.75) is 76.9 Å². The van der Waals surface area contributed by atoms with Crippen LogP contribution in [0.2, 0.25) is 5.02 Å². The Morgan fingerprint density at radius 3 is 2.24 bits per heavy atom. The molecule has 224 valence electrons. The molecule has 0 bridgehead atoms. The molecule has 0 saturated carbocycles. The summed E-state index contributed by atoms with van der Waals surface area (Å²) in [6, 6.07) is 23.9. The van der Waals surface area contributed by atoms with Crippen LogP contribution in [0.1, 0.15) is 75.3 Å². The molecular formula is C34H47ClN2O4. The van der Waals surface area contributed by atoms with Crippen LogP contribution in [0.5, 0.6) is 5.75 Å². The normalized spacial score (nSPS) is 17.9. The van der Waals surface area contributed by atoms with Gasteiger partial charge in [-0.15, -0.1) is 0 Å². The predicted molar refractivity (Wildman–Crippen MR) is 167 cm³/mol. The fourth-order valence-electron chi connectivity index (χ4n) is 5.06. The molecule has 6 nitrogen and oxygen atoms in total. The topological polar surface area (TPSA) is 85.2 Å². The molecule has 1 aliphatic rings. The lowest BCUT2D eigenvalue weighted by Gasteiger charge is -2.32. The number of aliphatic hydroxyl groups is 2. The number of phenols is 1. The minimum Gasteiger partial charge on any atom is -0.508 e. The van der Waals surface area contributed by atoms with Gasteiger partial charge >= 0.3 is 0 Å². The van der Waals surface area contributed by atoms with Crippen LogP contribution in [0, 0.1) is 0 Å². The third-order valence-corrected chi connectivity index (χ3v) is 7.97. The summed E-state index contributed by atoms with van der Waals surface area (Å²) in [5.74, 6) is 0.0484. The number of rotatable bonds is 10. The maximum atomic E-state index is 9.97. The van der Waals surface area contributed by atoms with Gasteiger partial charge in [0.2, 0.25) is 0 Å². The number of hydrogen-bond donors (Lipinski definition) is 4. The van der Waals surface area contributed by atoms with Gasteiger partial charge in [0.05, 0.1) is 12.7 Å². The van der Waals surface area contributed by atoms with Gasteiger partial charge in [0.25, 0.3) is 0 Å². The summed E-state index contributed by atoms with van der Waals surface area (Å²) in [5, 5.41) is 32.4. The highest BCUT2D eigenvalue weighted by Crippen LogP contribution is 2.34. The van der Waals surface area contributed by atoms with Gasteiger partial charge in [0.1, 0.15) is 11.4 Å². The highest BCUT2D eigenvalue weighted by atomic mass is 35.5. The van der Waals surface area contributed by atoms with Crippen LogP contribution >= 0.6 is 11.6 Å². The summed E-state index contributed by atoms with van der Waals surface area (Å²) in [5.41, 5.74) is 2.91. The number of aliphatic hydroxyl groups excluding tert-OH is 2. The number of nitrogens with one attached hydrogen (secondary N) is 1. The molecule has 1 heterocycles. The van der Waals surface area contributed by atoms with Crippen molar-refractivity contribution in [3.63, 3.8) is 0 Å². The van der Waals surface area contributed by atoms with E-state index in [0.29, 0.717) is 23.7 Å². The molecule has 4 N–H and O–H groups in total. The first-order chi connectivity index (χ1) is 19.4. The second kappa shape index (κ2) is 15.1. The first kappa shape index (κ1) is 33.1. The molecule has 41 heavy (non-hydrogen) atoms. The van der Waals surface area contributed by atoms with Gasteiger partial charge in [-0.2, -0.15) is 0 Å². The fraction of sp³-hybridized carbons (Fsp3) is 0.471. The number of nitrogens with zero attached hydrogens (tertiary/aromatic N) is 1. The van der Waals surface area contributed by atoms with E-state index in [1.165, 1.54) is 31.0 Å². The zero-order chi connectivity index (χ0) is 30.0. The van der Waals surface area contributed by atoms with E-state index in [-0.39, 0.29) is 17.9 Å². The van der Waals surface area contributed by atoms with Gasteiger partial charge in [0, 0.05) is 35.3 Å². The summed E-state index contributed by atoms with van der Waals surface area (Å²) in [4.78, 5) is 2.45. The molecule has 0 aromatic heterocycles. The molecule has 7 heteroatoms. The van der Waals surface area contributed by atoms with E-state index >= 15 is 0 Å². The number of benzene rings is 3. The first-order valence-electron chi connectivity index (χ1n) is 14.4. The number of aromatic hydroxyl groups is 1. The molecule has 4 rings (SSSR count). The van der Waals surface area contributed by atoms with Gasteiger partial charge in [-0.3, -0.25) is 0 Å². The van der Waals surface area contributed by atoms with Gasteiger partial charge in [-0.25, -0.2) is 0 Å². The lowest BCUT2D eigenvalue weighted by atomic mass is 9.88. The molecule has 1 fully saturated rings. The Morgan fingerprint density at radius 1 is 1.00 bits per heavy atom. The van der Waals surface area contributed by atoms with Crippen molar-refractivity contribution in [3.05, 3.63) is 100 Å². The Kier molecular flexibility index (Phi) is 12.2. The quantitative estimate of drug-likeness (QED) is 0.221. The van der Waals surface area contributed by atoms with Crippen molar-refractivity contribution < 1.29 is 20.1 Å². The van der Waals surface area contributed by atoms with Crippen molar-refractivity contribution >= 4 is 11.6 Å². The number of β-amino-alcohol motifs (C(OH)–C–C–N with tert-alkyl or cyclic N) is 1. The van der Waals surface area contributed by atoms with E-state index in [2.05, 4.69) is 60.6 Å². The lowest BCUT2D eigenvalue weighted by Crippen LogP contribution is -2.38. The third-order valence-electron chi connectivity index (χ3n) is 7.72. The highest BCUT2D eigenvalue weighted by molar-refractivity contribution is 6.30. The van der Waals surface area contributed by atoms with Crippen molar-refractivity contribution in [2.75, 3.05) is 26.7 Å². The average molecular weight is 583 g/mol. The Hall–Kier alpha value is -2.45. The average Bonchev–Trinajstić information content (AvgIpc) is 3.37. The van der Waals surface area contributed by atoms with Crippen LogP contribution in [-0.4, -0.2) is 58.5 Å². The SMILES string of the molecule is CC(C)(C)NCC(O)c1ccc(O)c(CO)c1.CN1CCC[C@@H]1CCO[C@](C)(c1ccccc1)c1ccc(Cl)cc1. The monoisotopic (exact) mass is 582 g/mol. The van der Waals surface area contributed by atoms with E-state index in [4.69, 9.17) is 21.4 Å². The Morgan fingerprint density at radius 2 is 1.66 bits per heavy atom. The van der Waals surface area contributed by atoms with E-state index in [1.807, 2.05) is 39.0 Å². The van der Waals surface area contributed by atoms with Gasteiger partial charge in [-0.05, 0) is 102 Å². The lowest BCUT2D eigenvalue weighted by molar-refractivity contribution is -0.0117. The molecule has 1 aliphatic heterocycles. The number of likely N-dealkylation sites (tertiary alicyclic amines) is 1. The van der Waals surface area contributed by atoms with E-state index in [1.54, 1.807) is 12.1 Å². The molecule has 0 aliphatic carbocycles. The maximum Gasteiger partial charge on any atom is 0.121 e. The molecule has 3 aromatic carbocycles. The highest BCUT2D eigenvalue weighted by Gasteiger charge is 2.31. The van der Waals surface area contributed by atoms with E-state index < -0.39 is 11.7 Å². The summed E-state index contributed by atoms with van der Waals surface area (Å²) >= 11 is 6.07. The van der Waals surface area contributed by atoms with Crippen LogP contribution in [0.3, 0.4) is 0 Å². The number of ether oxygens (including phenoxy) is 1. The first-order valence-corrected chi connectivity index (χ1v) is 14.8. The van der Waals surface area contributed by atoms with Crippen LogP contribution < -0.4 is 5.32 Å². The second-order valence-corrected chi connectivity index (χ2v) is 12.4. The minimum atomic E-state index is -0.653. The van der Waals surface area contributed by atoms with Crippen molar-refractivity contribution in [1.29, 1.82) is 0 Å². The van der Waals surface area contributed by atoms with Crippen LogP contribution in [0.4, 0.5) is 0 Å².